The summed E-state index contributed by atoms with van der Waals surface area (Å²) in [6.07, 6.45) is 5.93. The molecular weight excluding hydrogens is 380 g/mol. The summed E-state index contributed by atoms with van der Waals surface area (Å²) in [5.74, 6) is 1.10. The predicted molar refractivity (Wildman–Crippen MR) is 105 cm³/mol. The van der Waals surface area contributed by atoms with Crippen molar-refractivity contribution >= 4 is 34.0 Å². The highest BCUT2D eigenvalue weighted by molar-refractivity contribution is 5.78. The van der Waals surface area contributed by atoms with Gasteiger partial charge >= 0.3 is 5.65 Å². The number of non-ortho nitro benzene ring substituents is 1. The number of nitro groups is 2. The zero-order chi connectivity index (χ0) is 20.8. The maximum Gasteiger partial charge on any atom is 0.305 e. The maximum atomic E-state index is 11.1. The molecule has 3 aromatic rings. The number of nitrogens with zero attached hydrogens (tertiary/aromatic N) is 4. The molecule has 0 spiro atoms. The Balaban J connectivity index is 1.42. The first-order valence-corrected chi connectivity index (χ1v) is 9.13. The molecule has 152 valence electrons. The topological polar surface area (TPSA) is 180 Å². The number of nitrogen functional groups attached to an aromatic ring is 1. The minimum atomic E-state index is -0.653. The summed E-state index contributed by atoms with van der Waals surface area (Å²) >= 11 is 0. The zero-order valence-corrected chi connectivity index (χ0v) is 15.6. The molecule has 0 amide bonds. The molecular formula is C17H21N8O4+. The van der Waals surface area contributed by atoms with E-state index in [0.29, 0.717) is 35.8 Å². The van der Waals surface area contributed by atoms with Crippen molar-refractivity contribution in [1.29, 1.82) is 0 Å². The van der Waals surface area contributed by atoms with Gasteiger partial charge in [-0.25, -0.2) is 4.98 Å². The van der Waals surface area contributed by atoms with Crippen LogP contribution in [0.15, 0.2) is 24.5 Å². The predicted octanol–water partition coefficient (Wildman–Crippen LogP) is 2.39. The lowest BCUT2D eigenvalue weighted by Crippen LogP contribution is -2.06. The Morgan fingerprint density at radius 1 is 1.10 bits per heavy atom. The summed E-state index contributed by atoms with van der Waals surface area (Å²) in [5, 5.41) is 24.9. The number of benzene rings is 1. The molecule has 0 aliphatic carbocycles. The number of aromatic nitrogens is 4. The molecule has 0 radical (unpaired) electrons. The number of H-pyrrole nitrogens is 2. The Labute approximate surface area is 164 Å². The van der Waals surface area contributed by atoms with Gasteiger partial charge in [-0.3, -0.25) is 25.2 Å². The third-order valence-electron chi connectivity index (χ3n) is 4.44. The van der Waals surface area contributed by atoms with Crippen LogP contribution in [0.4, 0.5) is 22.9 Å². The van der Waals surface area contributed by atoms with Crippen molar-refractivity contribution in [2.75, 3.05) is 17.6 Å². The van der Waals surface area contributed by atoms with Crippen molar-refractivity contribution in [1.82, 2.24) is 15.0 Å². The molecule has 2 heterocycles. The van der Waals surface area contributed by atoms with E-state index in [2.05, 4.69) is 25.3 Å². The minimum absolute atomic E-state index is 0.278. The summed E-state index contributed by atoms with van der Waals surface area (Å²) < 4.78 is 0. The van der Waals surface area contributed by atoms with Crippen LogP contribution in [0.3, 0.4) is 0 Å². The second-order valence-electron chi connectivity index (χ2n) is 6.49. The quantitative estimate of drug-likeness (QED) is 0.263. The number of nitrogens with two attached hydrogens (primary N) is 1. The smallest absolute Gasteiger partial charge is 0.305 e. The molecule has 0 aliphatic rings. The standard InChI is InChI=1S/C17H20N8O4/c18-16-15-17(21-10-20-15)23-14(22-16)5-3-1-2-4-8-19-12-7-6-11(24(26)27)9-13(12)25(28)29/h6-7,9-10,19H,1-5,8H2,(H3,18,20,21,22,23)/p+1. The van der Waals surface area contributed by atoms with Crippen LogP contribution in [0, 0.1) is 20.2 Å². The molecule has 0 unspecified atom stereocenters. The van der Waals surface area contributed by atoms with E-state index < -0.39 is 9.85 Å². The number of unbranched alkanes of at least 4 members (excludes halogenated alkanes) is 3. The molecule has 0 saturated heterocycles. The van der Waals surface area contributed by atoms with E-state index in [1.165, 1.54) is 12.1 Å². The van der Waals surface area contributed by atoms with E-state index in [1.807, 2.05) is 0 Å². The van der Waals surface area contributed by atoms with E-state index in [-0.39, 0.29) is 17.1 Å². The normalized spacial score (nSPS) is 10.9. The van der Waals surface area contributed by atoms with Gasteiger partial charge in [0.15, 0.2) is 12.1 Å². The first kappa shape index (κ1) is 19.9. The van der Waals surface area contributed by atoms with Crippen molar-refractivity contribution in [3.05, 3.63) is 50.6 Å². The number of aromatic amines is 2. The van der Waals surface area contributed by atoms with Crippen molar-refractivity contribution in [3.8, 4) is 0 Å². The second kappa shape index (κ2) is 8.91. The molecule has 12 nitrogen and oxygen atoms in total. The summed E-state index contributed by atoms with van der Waals surface area (Å²) in [6, 6.07) is 3.58. The molecule has 0 atom stereocenters. The Kier molecular flexibility index (Phi) is 6.12. The van der Waals surface area contributed by atoms with Crippen LogP contribution in [0.2, 0.25) is 0 Å². The lowest BCUT2D eigenvalue weighted by molar-refractivity contribution is -0.393. The minimum Gasteiger partial charge on any atom is -0.380 e. The van der Waals surface area contributed by atoms with Crippen LogP contribution in [0.25, 0.3) is 11.2 Å². The Morgan fingerprint density at radius 2 is 1.90 bits per heavy atom. The van der Waals surface area contributed by atoms with Gasteiger partial charge in [0, 0.05) is 19.0 Å². The molecule has 1 aromatic carbocycles. The first-order chi connectivity index (χ1) is 14.0. The van der Waals surface area contributed by atoms with Gasteiger partial charge in [-0.15, -0.1) is 0 Å². The number of rotatable bonds is 10. The number of fused-ring (bicyclic) bond motifs is 1. The number of anilines is 2. The molecule has 3 rings (SSSR count). The summed E-state index contributed by atoms with van der Waals surface area (Å²) in [4.78, 5) is 35.2. The molecule has 29 heavy (non-hydrogen) atoms. The molecule has 0 saturated carbocycles. The van der Waals surface area contributed by atoms with Gasteiger partial charge in [0.2, 0.25) is 11.3 Å². The van der Waals surface area contributed by atoms with Crippen molar-refractivity contribution < 1.29 is 14.8 Å². The van der Waals surface area contributed by atoms with Gasteiger partial charge in [0.1, 0.15) is 5.69 Å². The number of hydrogen-bond donors (Lipinski definition) is 3. The van der Waals surface area contributed by atoms with Crippen LogP contribution in [0.1, 0.15) is 31.5 Å². The molecule has 0 fully saturated rings. The van der Waals surface area contributed by atoms with E-state index >= 15 is 0 Å². The van der Waals surface area contributed by atoms with E-state index in [1.54, 1.807) is 6.33 Å². The summed E-state index contributed by atoms with van der Waals surface area (Å²) in [5.41, 5.74) is 6.94. The van der Waals surface area contributed by atoms with Gasteiger partial charge in [0.05, 0.1) is 15.9 Å². The van der Waals surface area contributed by atoms with Crippen LogP contribution in [-0.2, 0) is 6.42 Å². The number of nitrogens with one attached hydrogen (secondary N) is 3. The van der Waals surface area contributed by atoms with Crippen LogP contribution in [-0.4, -0.2) is 31.3 Å². The Morgan fingerprint density at radius 3 is 2.66 bits per heavy atom. The SMILES string of the molecule is Nc1nc(CCCCCCNc2ccc([N+](=O)[O-])cc2[N+](=O)[O-])nc2[nH+]c[nH]c12. The fraction of sp³-hybridized carbons (Fsp3) is 0.353. The average molecular weight is 401 g/mol. The Hall–Kier alpha value is -3.83. The van der Waals surface area contributed by atoms with Crippen LogP contribution < -0.4 is 16.0 Å². The highest BCUT2D eigenvalue weighted by atomic mass is 16.6. The number of aryl methyl sites for hydroxylation is 1. The molecule has 2 aromatic heterocycles. The lowest BCUT2D eigenvalue weighted by atomic mass is 10.1. The third-order valence-corrected chi connectivity index (χ3v) is 4.44. The fourth-order valence-electron chi connectivity index (χ4n) is 2.98. The maximum absolute atomic E-state index is 11.1. The average Bonchev–Trinajstić information content (AvgIpc) is 3.16. The number of imidazole rings is 1. The molecule has 12 heteroatoms. The van der Waals surface area contributed by atoms with Crippen LogP contribution in [0.5, 0.6) is 0 Å². The molecule has 0 bridgehead atoms. The zero-order valence-electron chi connectivity index (χ0n) is 15.6. The van der Waals surface area contributed by atoms with E-state index in [4.69, 9.17) is 5.73 Å². The highest BCUT2D eigenvalue weighted by Crippen LogP contribution is 2.28. The van der Waals surface area contributed by atoms with Gasteiger partial charge in [-0.05, 0) is 18.9 Å². The fourth-order valence-corrected chi connectivity index (χ4v) is 2.98. The van der Waals surface area contributed by atoms with Gasteiger partial charge < -0.3 is 11.1 Å². The van der Waals surface area contributed by atoms with Gasteiger partial charge in [-0.1, -0.05) is 17.8 Å². The second-order valence-corrected chi connectivity index (χ2v) is 6.49. The largest absolute Gasteiger partial charge is 0.380 e. The monoisotopic (exact) mass is 401 g/mol. The third kappa shape index (κ3) is 4.91. The van der Waals surface area contributed by atoms with E-state index in [9.17, 15) is 20.2 Å². The number of nitro benzene ring substituents is 2. The molecule has 0 aliphatic heterocycles. The van der Waals surface area contributed by atoms with E-state index in [0.717, 1.165) is 31.7 Å². The Bertz CT molecular complexity index is 1040. The molecule has 5 N–H and O–H groups in total. The van der Waals surface area contributed by atoms with Crippen LogP contribution >= 0.6 is 0 Å². The van der Waals surface area contributed by atoms with Crippen molar-refractivity contribution in [2.45, 2.75) is 32.1 Å². The van der Waals surface area contributed by atoms with Crippen molar-refractivity contribution in [3.63, 3.8) is 0 Å². The van der Waals surface area contributed by atoms with Gasteiger partial charge in [0.25, 0.3) is 11.4 Å². The summed E-state index contributed by atoms with van der Waals surface area (Å²) in [7, 11) is 0. The van der Waals surface area contributed by atoms with Gasteiger partial charge in [-0.2, -0.15) is 4.98 Å². The first-order valence-electron chi connectivity index (χ1n) is 9.13. The summed E-state index contributed by atoms with van der Waals surface area (Å²) in [6.45, 7) is 0.534. The number of hydrogen-bond acceptors (Lipinski definition) is 8. The van der Waals surface area contributed by atoms with Crippen molar-refractivity contribution in [2.24, 2.45) is 0 Å². The highest BCUT2D eigenvalue weighted by Gasteiger charge is 2.19. The lowest BCUT2D eigenvalue weighted by Gasteiger charge is -2.07.